The molecule has 1 heterocycles. The van der Waals surface area contributed by atoms with Gasteiger partial charge in [0.15, 0.2) is 6.04 Å². The molecule has 2 N–H and O–H groups in total. The summed E-state index contributed by atoms with van der Waals surface area (Å²) in [5, 5.41) is 14.1. The summed E-state index contributed by atoms with van der Waals surface area (Å²) in [6, 6.07) is 7.99. The highest BCUT2D eigenvalue weighted by Gasteiger charge is 2.46. The fourth-order valence-electron chi connectivity index (χ4n) is 2.73. The topological polar surface area (TPSA) is 66.4 Å². The number of benzene rings is 1. The Labute approximate surface area is 146 Å². The zero-order chi connectivity index (χ0) is 16.6. The van der Waals surface area contributed by atoms with Crippen LogP contribution in [0.15, 0.2) is 40.2 Å². The number of amides is 1. The van der Waals surface area contributed by atoms with Crippen molar-refractivity contribution >= 4 is 39.1 Å². The fraction of sp³-hybridized carbons (Fsp3) is 0.294. The number of carboxylic acid groups (broad SMARTS) is 1. The van der Waals surface area contributed by atoms with Crippen LogP contribution in [0, 0.1) is 12.8 Å². The number of hydrogen-bond acceptors (Lipinski definition) is 3. The summed E-state index contributed by atoms with van der Waals surface area (Å²) >= 11 is 4.98. The van der Waals surface area contributed by atoms with Gasteiger partial charge in [-0.1, -0.05) is 28.1 Å². The van der Waals surface area contributed by atoms with Crippen LogP contribution in [0.25, 0.3) is 0 Å². The Morgan fingerprint density at radius 2 is 2.00 bits per heavy atom. The van der Waals surface area contributed by atoms with E-state index in [1.54, 1.807) is 35.6 Å². The number of carbonyl (C=O) groups excluding carboxylic acids is 1. The van der Waals surface area contributed by atoms with E-state index in [1.807, 2.05) is 12.3 Å². The molecule has 6 heteroatoms. The molecule has 1 aliphatic rings. The van der Waals surface area contributed by atoms with E-state index in [0.717, 1.165) is 10.9 Å². The van der Waals surface area contributed by atoms with E-state index in [4.69, 9.17) is 0 Å². The van der Waals surface area contributed by atoms with Crippen molar-refractivity contribution < 1.29 is 14.7 Å². The first-order valence-electron chi connectivity index (χ1n) is 7.30. The van der Waals surface area contributed by atoms with Gasteiger partial charge in [-0.2, -0.15) is 0 Å². The van der Waals surface area contributed by atoms with Gasteiger partial charge in [0.25, 0.3) is 0 Å². The van der Waals surface area contributed by atoms with E-state index in [0.29, 0.717) is 5.56 Å². The third-order valence-corrected chi connectivity index (χ3v) is 5.78. The zero-order valence-electron chi connectivity index (χ0n) is 12.5. The SMILES string of the molecule is Cc1ccsc1C1CC1C(=O)NC(C(=O)O)c1ccc(Br)cc1. The van der Waals surface area contributed by atoms with Crippen molar-refractivity contribution in [1.82, 2.24) is 5.32 Å². The molecule has 0 spiro atoms. The quantitative estimate of drug-likeness (QED) is 0.809. The lowest BCUT2D eigenvalue weighted by Gasteiger charge is -2.15. The van der Waals surface area contributed by atoms with E-state index in [9.17, 15) is 14.7 Å². The van der Waals surface area contributed by atoms with Gasteiger partial charge in [-0.05, 0) is 48.1 Å². The van der Waals surface area contributed by atoms with Crippen molar-refractivity contribution in [2.45, 2.75) is 25.3 Å². The summed E-state index contributed by atoms with van der Waals surface area (Å²) in [5.74, 6) is -1.12. The van der Waals surface area contributed by atoms with Crippen LogP contribution in [0.4, 0.5) is 0 Å². The monoisotopic (exact) mass is 393 g/mol. The lowest BCUT2D eigenvalue weighted by atomic mass is 10.1. The minimum absolute atomic E-state index is 0.121. The number of aryl methyl sites for hydroxylation is 1. The molecule has 1 aliphatic carbocycles. The number of carboxylic acids is 1. The van der Waals surface area contributed by atoms with Gasteiger partial charge in [-0.25, -0.2) is 4.79 Å². The van der Waals surface area contributed by atoms with Gasteiger partial charge in [0.1, 0.15) is 0 Å². The van der Waals surface area contributed by atoms with Crippen LogP contribution < -0.4 is 5.32 Å². The molecule has 1 aromatic heterocycles. The molecule has 23 heavy (non-hydrogen) atoms. The second-order valence-electron chi connectivity index (χ2n) is 5.75. The normalized spacial score (nSPS) is 20.8. The fourth-order valence-corrected chi connectivity index (χ4v) is 4.10. The van der Waals surface area contributed by atoms with Gasteiger partial charge in [0.05, 0.1) is 0 Å². The molecule has 1 saturated carbocycles. The Morgan fingerprint density at radius 3 is 2.57 bits per heavy atom. The minimum atomic E-state index is -1.05. The van der Waals surface area contributed by atoms with Crippen molar-refractivity contribution in [3.63, 3.8) is 0 Å². The van der Waals surface area contributed by atoms with Crippen LogP contribution in [0.2, 0.25) is 0 Å². The highest BCUT2D eigenvalue weighted by Crippen LogP contribution is 2.50. The second-order valence-corrected chi connectivity index (χ2v) is 7.61. The van der Waals surface area contributed by atoms with Crippen molar-refractivity contribution in [3.05, 3.63) is 56.2 Å². The maximum absolute atomic E-state index is 12.4. The van der Waals surface area contributed by atoms with Crippen LogP contribution in [0.1, 0.15) is 34.4 Å². The van der Waals surface area contributed by atoms with Crippen LogP contribution in [0.3, 0.4) is 0 Å². The van der Waals surface area contributed by atoms with Crippen molar-refractivity contribution in [2.24, 2.45) is 5.92 Å². The summed E-state index contributed by atoms with van der Waals surface area (Å²) in [4.78, 5) is 25.1. The highest BCUT2D eigenvalue weighted by atomic mass is 79.9. The molecule has 0 radical (unpaired) electrons. The molecule has 3 atom stereocenters. The first kappa shape index (κ1) is 16.2. The molecule has 1 aromatic carbocycles. The minimum Gasteiger partial charge on any atom is -0.479 e. The molecule has 3 unspecified atom stereocenters. The summed E-state index contributed by atoms with van der Waals surface area (Å²) in [5.41, 5.74) is 1.77. The molecular weight excluding hydrogens is 378 g/mol. The maximum Gasteiger partial charge on any atom is 0.330 e. The number of aliphatic carboxylic acids is 1. The van der Waals surface area contributed by atoms with Crippen molar-refractivity contribution in [1.29, 1.82) is 0 Å². The largest absolute Gasteiger partial charge is 0.479 e. The van der Waals surface area contributed by atoms with E-state index in [-0.39, 0.29) is 17.7 Å². The van der Waals surface area contributed by atoms with E-state index in [2.05, 4.69) is 27.3 Å². The van der Waals surface area contributed by atoms with Crippen LogP contribution in [0.5, 0.6) is 0 Å². The molecule has 4 nitrogen and oxygen atoms in total. The van der Waals surface area contributed by atoms with Crippen LogP contribution in [-0.4, -0.2) is 17.0 Å². The molecule has 3 rings (SSSR count). The van der Waals surface area contributed by atoms with Gasteiger partial charge in [0.2, 0.25) is 5.91 Å². The predicted octanol–water partition coefficient (Wildman–Crippen LogP) is 3.86. The first-order chi connectivity index (χ1) is 11.0. The van der Waals surface area contributed by atoms with Gasteiger partial charge >= 0.3 is 5.97 Å². The Morgan fingerprint density at radius 1 is 1.30 bits per heavy atom. The van der Waals surface area contributed by atoms with Gasteiger partial charge in [-0.15, -0.1) is 11.3 Å². The summed E-state index contributed by atoms with van der Waals surface area (Å²) in [6.45, 7) is 2.04. The van der Waals surface area contributed by atoms with E-state index in [1.165, 1.54) is 10.4 Å². The van der Waals surface area contributed by atoms with E-state index >= 15 is 0 Å². The Kier molecular flexibility index (Phi) is 4.55. The number of rotatable bonds is 5. The lowest BCUT2D eigenvalue weighted by molar-refractivity contribution is -0.142. The molecule has 120 valence electrons. The third-order valence-electron chi connectivity index (χ3n) is 4.10. The van der Waals surface area contributed by atoms with Crippen molar-refractivity contribution in [3.8, 4) is 0 Å². The molecular formula is C17H16BrNO3S. The van der Waals surface area contributed by atoms with Gasteiger partial charge in [0, 0.05) is 21.2 Å². The number of carbonyl (C=O) groups is 2. The molecule has 0 aliphatic heterocycles. The van der Waals surface area contributed by atoms with Crippen LogP contribution in [-0.2, 0) is 9.59 Å². The molecule has 0 saturated heterocycles. The van der Waals surface area contributed by atoms with Crippen molar-refractivity contribution in [2.75, 3.05) is 0 Å². The smallest absolute Gasteiger partial charge is 0.330 e. The van der Waals surface area contributed by atoms with Gasteiger partial charge < -0.3 is 10.4 Å². The molecule has 0 bridgehead atoms. The number of hydrogen-bond donors (Lipinski definition) is 2. The molecule has 2 aromatic rings. The lowest BCUT2D eigenvalue weighted by Crippen LogP contribution is -2.35. The summed E-state index contributed by atoms with van der Waals surface area (Å²) < 4.78 is 0.868. The van der Waals surface area contributed by atoms with Crippen LogP contribution >= 0.6 is 27.3 Å². The highest BCUT2D eigenvalue weighted by molar-refractivity contribution is 9.10. The second kappa shape index (κ2) is 6.45. The average Bonchev–Trinajstić information content (AvgIpc) is 3.20. The van der Waals surface area contributed by atoms with E-state index < -0.39 is 12.0 Å². The maximum atomic E-state index is 12.4. The first-order valence-corrected chi connectivity index (χ1v) is 8.97. The zero-order valence-corrected chi connectivity index (χ0v) is 14.9. The predicted molar refractivity (Wildman–Crippen MR) is 92.6 cm³/mol. The Hall–Kier alpha value is -1.66. The molecule has 1 amide bonds. The average molecular weight is 394 g/mol. The number of thiophene rings is 1. The number of halogens is 1. The Balaban J connectivity index is 1.69. The summed E-state index contributed by atoms with van der Waals surface area (Å²) in [7, 11) is 0. The number of nitrogens with one attached hydrogen (secondary N) is 1. The van der Waals surface area contributed by atoms with Gasteiger partial charge in [-0.3, -0.25) is 4.79 Å². The Bertz CT molecular complexity index is 741. The summed E-state index contributed by atoms with van der Waals surface area (Å²) in [6.07, 6.45) is 0.792. The molecule has 1 fully saturated rings. The third kappa shape index (κ3) is 3.48. The standard InChI is InChI=1S/C17H16BrNO3S/c1-9-6-7-23-15(9)12-8-13(12)16(20)19-14(17(21)22)10-2-4-11(18)5-3-10/h2-7,12-14H,8H2,1H3,(H,19,20)(H,21,22).